The first-order valence-electron chi connectivity index (χ1n) is 7.89. The lowest BCUT2D eigenvalue weighted by Gasteiger charge is -2.08. The van der Waals surface area contributed by atoms with Crippen molar-refractivity contribution in [1.82, 2.24) is 9.55 Å². The molecule has 6 heteroatoms. The molecule has 1 aliphatic carbocycles. The molecule has 0 saturated heterocycles. The minimum atomic E-state index is 0.0304. The van der Waals surface area contributed by atoms with Gasteiger partial charge in [-0.3, -0.25) is 9.36 Å². The number of benzene rings is 1. The van der Waals surface area contributed by atoms with E-state index in [1.165, 1.54) is 10.4 Å². The van der Waals surface area contributed by atoms with Crippen LogP contribution < -0.4 is 10.3 Å². The van der Waals surface area contributed by atoms with Crippen molar-refractivity contribution < 1.29 is 4.74 Å². The zero-order valence-electron chi connectivity index (χ0n) is 13.0. The van der Waals surface area contributed by atoms with E-state index >= 15 is 0 Å². The largest absolute Gasteiger partial charge is 0.492 e. The molecule has 4 rings (SSSR count). The number of ether oxygens (including phenoxy) is 1. The van der Waals surface area contributed by atoms with Gasteiger partial charge < -0.3 is 4.74 Å². The van der Waals surface area contributed by atoms with E-state index in [1.54, 1.807) is 46.5 Å². The molecule has 0 amide bonds. The molecule has 0 unspecified atom stereocenters. The zero-order chi connectivity index (χ0) is 16.5. The van der Waals surface area contributed by atoms with E-state index in [9.17, 15) is 4.79 Å². The Bertz CT molecular complexity index is 996. The van der Waals surface area contributed by atoms with Crippen LogP contribution >= 0.6 is 11.3 Å². The Morgan fingerprint density at radius 3 is 2.92 bits per heavy atom. The smallest absolute Gasteiger partial charge is 0.262 e. The van der Waals surface area contributed by atoms with Crippen LogP contribution in [0.5, 0.6) is 5.75 Å². The van der Waals surface area contributed by atoms with Crippen LogP contribution in [-0.2, 0) is 19.4 Å². The van der Waals surface area contributed by atoms with Crippen LogP contribution in [0.3, 0.4) is 0 Å². The highest BCUT2D eigenvalue weighted by atomic mass is 32.1. The van der Waals surface area contributed by atoms with Crippen LogP contribution in [0.2, 0.25) is 0 Å². The summed E-state index contributed by atoms with van der Waals surface area (Å²) in [6.45, 7) is 0.831. The molecule has 0 aliphatic heterocycles. The minimum absolute atomic E-state index is 0.0304. The number of nitrogens with zero attached hydrogens (tertiary/aromatic N) is 3. The third kappa shape index (κ3) is 2.57. The average Bonchev–Trinajstić information content (AvgIpc) is 3.18. The van der Waals surface area contributed by atoms with Crippen molar-refractivity contribution in [1.29, 1.82) is 5.26 Å². The Morgan fingerprint density at radius 1 is 1.29 bits per heavy atom. The molecule has 0 saturated carbocycles. The number of aryl methyl sites for hydroxylation is 2. The van der Waals surface area contributed by atoms with Gasteiger partial charge in [-0.2, -0.15) is 5.26 Å². The van der Waals surface area contributed by atoms with E-state index in [4.69, 9.17) is 10.00 Å². The van der Waals surface area contributed by atoms with E-state index in [0.717, 1.165) is 29.5 Å². The van der Waals surface area contributed by atoms with Crippen molar-refractivity contribution in [3.63, 3.8) is 0 Å². The van der Waals surface area contributed by atoms with Gasteiger partial charge in [-0.25, -0.2) is 4.98 Å². The molecule has 120 valence electrons. The van der Waals surface area contributed by atoms with Crippen molar-refractivity contribution >= 4 is 21.6 Å². The first-order chi connectivity index (χ1) is 11.8. The summed E-state index contributed by atoms with van der Waals surface area (Å²) < 4.78 is 7.28. The first kappa shape index (κ1) is 14.9. The third-order valence-electron chi connectivity index (χ3n) is 4.28. The second-order valence-electron chi connectivity index (χ2n) is 5.77. The molecule has 0 radical (unpaired) electrons. The van der Waals surface area contributed by atoms with Gasteiger partial charge in [-0.1, -0.05) is 0 Å². The molecule has 0 N–H and O–H groups in total. The summed E-state index contributed by atoms with van der Waals surface area (Å²) in [6, 6.07) is 9.01. The summed E-state index contributed by atoms with van der Waals surface area (Å²) >= 11 is 1.65. The molecule has 2 heterocycles. The lowest BCUT2D eigenvalue weighted by Crippen LogP contribution is -2.23. The summed E-state index contributed by atoms with van der Waals surface area (Å²) in [4.78, 5) is 19.3. The first-order valence-corrected chi connectivity index (χ1v) is 8.70. The van der Waals surface area contributed by atoms with E-state index < -0.39 is 0 Å². The number of fused-ring (bicyclic) bond motifs is 3. The van der Waals surface area contributed by atoms with Gasteiger partial charge in [-0.15, -0.1) is 11.3 Å². The summed E-state index contributed by atoms with van der Waals surface area (Å²) in [5.74, 6) is 0.688. The van der Waals surface area contributed by atoms with Crippen molar-refractivity contribution in [2.45, 2.75) is 25.8 Å². The second-order valence-corrected chi connectivity index (χ2v) is 6.85. The maximum Gasteiger partial charge on any atom is 0.262 e. The number of rotatable bonds is 4. The normalized spacial score (nSPS) is 13.0. The molecule has 1 aliphatic rings. The Hall–Kier alpha value is -2.65. The van der Waals surface area contributed by atoms with Gasteiger partial charge in [0.1, 0.15) is 17.2 Å². The second kappa shape index (κ2) is 6.10. The molecular weight excluding hydrogens is 322 g/mol. The van der Waals surface area contributed by atoms with Gasteiger partial charge >= 0.3 is 0 Å². The van der Waals surface area contributed by atoms with Crippen molar-refractivity contribution in [3.05, 3.63) is 57.0 Å². The Balaban J connectivity index is 1.51. The summed E-state index contributed by atoms with van der Waals surface area (Å²) in [6.07, 6.45) is 4.79. The zero-order valence-corrected chi connectivity index (χ0v) is 13.8. The van der Waals surface area contributed by atoms with E-state index in [0.29, 0.717) is 24.5 Å². The molecule has 2 aromatic heterocycles. The molecule has 0 spiro atoms. The minimum Gasteiger partial charge on any atom is -0.492 e. The average molecular weight is 337 g/mol. The molecular formula is C18H15N3O2S. The van der Waals surface area contributed by atoms with E-state index in [1.807, 2.05) is 0 Å². The van der Waals surface area contributed by atoms with Gasteiger partial charge in [0.15, 0.2) is 0 Å². The molecule has 0 atom stereocenters. The fourth-order valence-electron chi connectivity index (χ4n) is 3.07. The number of nitriles is 1. The van der Waals surface area contributed by atoms with Crippen LogP contribution in [0.15, 0.2) is 35.4 Å². The molecule has 0 bridgehead atoms. The van der Waals surface area contributed by atoms with Crippen LogP contribution in [0.1, 0.15) is 22.4 Å². The quantitative estimate of drug-likeness (QED) is 0.734. The Kier molecular flexibility index (Phi) is 3.79. The number of hydrogen-bond acceptors (Lipinski definition) is 5. The molecule has 3 aromatic rings. The van der Waals surface area contributed by atoms with Gasteiger partial charge in [0.2, 0.25) is 0 Å². The van der Waals surface area contributed by atoms with Crippen molar-refractivity contribution in [2.75, 3.05) is 6.61 Å². The van der Waals surface area contributed by atoms with Gasteiger partial charge in [-0.05, 0) is 49.1 Å². The maximum atomic E-state index is 12.7. The highest BCUT2D eigenvalue weighted by Gasteiger charge is 2.21. The number of hydrogen-bond donors (Lipinski definition) is 0. The fraction of sp³-hybridized carbons (Fsp3) is 0.278. The molecule has 1 aromatic carbocycles. The summed E-state index contributed by atoms with van der Waals surface area (Å²) in [5, 5.41) is 9.58. The monoisotopic (exact) mass is 337 g/mol. The van der Waals surface area contributed by atoms with Crippen LogP contribution in [0, 0.1) is 11.3 Å². The van der Waals surface area contributed by atoms with E-state index in [-0.39, 0.29) is 5.56 Å². The SMILES string of the molecule is N#Cc1ccc(OCCn2cnc3sc4c(c3c2=O)CCC4)cc1. The lowest BCUT2D eigenvalue weighted by atomic mass is 10.2. The third-order valence-corrected chi connectivity index (χ3v) is 5.48. The van der Waals surface area contributed by atoms with Gasteiger partial charge in [0.25, 0.3) is 5.56 Å². The van der Waals surface area contributed by atoms with Gasteiger partial charge in [0, 0.05) is 4.88 Å². The predicted molar refractivity (Wildman–Crippen MR) is 92.6 cm³/mol. The molecule has 24 heavy (non-hydrogen) atoms. The molecule has 0 fully saturated rings. The maximum absolute atomic E-state index is 12.7. The summed E-state index contributed by atoms with van der Waals surface area (Å²) in [5.41, 5.74) is 1.83. The van der Waals surface area contributed by atoms with Crippen molar-refractivity contribution in [2.24, 2.45) is 0 Å². The van der Waals surface area contributed by atoms with Crippen LogP contribution in [0.4, 0.5) is 0 Å². The molecule has 5 nitrogen and oxygen atoms in total. The fourth-order valence-corrected chi connectivity index (χ4v) is 4.29. The van der Waals surface area contributed by atoms with E-state index in [2.05, 4.69) is 11.1 Å². The van der Waals surface area contributed by atoms with Crippen molar-refractivity contribution in [3.8, 4) is 11.8 Å². The predicted octanol–water partition coefficient (Wildman–Crippen LogP) is 2.90. The number of aromatic nitrogens is 2. The highest BCUT2D eigenvalue weighted by molar-refractivity contribution is 7.18. The Morgan fingerprint density at radius 2 is 2.12 bits per heavy atom. The van der Waals surface area contributed by atoms with Crippen LogP contribution in [-0.4, -0.2) is 16.2 Å². The van der Waals surface area contributed by atoms with Gasteiger partial charge in [0.05, 0.1) is 29.9 Å². The lowest BCUT2D eigenvalue weighted by molar-refractivity contribution is 0.296. The highest BCUT2D eigenvalue weighted by Crippen LogP contribution is 2.34. The number of thiophene rings is 1. The standard InChI is InChI=1S/C18H15N3O2S/c19-10-12-4-6-13(7-5-12)23-9-8-21-11-20-17-16(18(21)22)14-2-1-3-15(14)24-17/h4-7,11H,1-3,8-9H2. The topological polar surface area (TPSA) is 67.9 Å². The van der Waals surface area contributed by atoms with Crippen LogP contribution in [0.25, 0.3) is 10.2 Å². The Labute approximate surface area is 142 Å². The summed E-state index contributed by atoms with van der Waals surface area (Å²) in [7, 11) is 0.